The number of carbonyl (C=O) groups is 2. The van der Waals surface area contributed by atoms with E-state index in [1.54, 1.807) is 24.3 Å². The van der Waals surface area contributed by atoms with Crippen LogP contribution >= 0.6 is 0 Å². The van der Waals surface area contributed by atoms with E-state index in [-0.39, 0.29) is 11.9 Å². The lowest BCUT2D eigenvalue weighted by Crippen LogP contribution is -2.42. The summed E-state index contributed by atoms with van der Waals surface area (Å²) < 4.78 is 5.31. The highest BCUT2D eigenvalue weighted by Crippen LogP contribution is 2.15. The smallest absolute Gasteiger partial charge is 0.319 e. The van der Waals surface area contributed by atoms with Crippen molar-refractivity contribution in [2.75, 3.05) is 57.8 Å². The molecule has 0 unspecified atom stereocenters. The second-order valence-electron chi connectivity index (χ2n) is 7.12. The van der Waals surface area contributed by atoms with Crippen LogP contribution in [-0.4, -0.2) is 74.2 Å². The minimum absolute atomic E-state index is 0.0819. The van der Waals surface area contributed by atoms with Crippen molar-refractivity contribution in [2.45, 2.75) is 25.7 Å². The summed E-state index contributed by atoms with van der Waals surface area (Å²) in [5, 5.41) is 5.68. The van der Waals surface area contributed by atoms with Crippen LogP contribution in [0.25, 0.3) is 0 Å². The largest absolute Gasteiger partial charge is 0.379 e. The summed E-state index contributed by atoms with van der Waals surface area (Å²) in [6.45, 7) is 6.43. The average Bonchev–Trinajstić information content (AvgIpc) is 2.98. The molecule has 2 N–H and O–H groups in total. The fourth-order valence-electron chi connectivity index (χ4n) is 3.48. The number of morpholine rings is 1. The van der Waals surface area contributed by atoms with Crippen molar-refractivity contribution in [2.24, 2.45) is 0 Å². The van der Waals surface area contributed by atoms with E-state index in [1.165, 1.54) is 12.8 Å². The fourth-order valence-corrected chi connectivity index (χ4v) is 3.48. The topological polar surface area (TPSA) is 73.9 Å². The van der Waals surface area contributed by atoms with Crippen molar-refractivity contribution in [1.29, 1.82) is 0 Å². The standard InChI is InChI=1S/C20H30N4O3/c25-19(24-10-3-1-2-4-11-24)17-5-7-18(8-6-17)22-20(26)21-9-12-23-13-15-27-16-14-23/h5-8H,1-4,9-16H2,(H2,21,22,26). The van der Waals surface area contributed by atoms with Crippen LogP contribution in [0.5, 0.6) is 0 Å². The summed E-state index contributed by atoms with van der Waals surface area (Å²) in [7, 11) is 0. The molecule has 2 aliphatic rings. The second kappa shape index (κ2) is 10.3. The summed E-state index contributed by atoms with van der Waals surface area (Å²) in [6.07, 6.45) is 4.56. The fraction of sp³-hybridized carbons (Fsp3) is 0.600. The van der Waals surface area contributed by atoms with Gasteiger partial charge in [-0.1, -0.05) is 12.8 Å². The van der Waals surface area contributed by atoms with Crippen LogP contribution in [0.15, 0.2) is 24.3 Å². The normalized spacial score (nSPS) is 18.6. The summed E-state index contributed by atoms with van der Waals surface area (Å²) in [6, 6.07) is 6.92. The van der Waals surface area contributed by atoms with Crippen molar-refractivity contribution < 1.29 is 14.3 Å². The Morgan fingerprint density at radius 3 is 2.26 bits per heavy atom. The lowest BCUT2D eigenvalue weighted by Gasteiger charge is -2.26. The van der Waals surface area contributed by atoms with Gasteiger partial charge in [-0.05, 0) is 37.1 Å². The van der Waals surface area contributed by atoms with Gasteiger partial charge in [0.05, 0.1) is 13.2 Å². The molecule has 0 spiro atoms. The molecular formula is C20H30N4O3. The molecule has 2 aliphatic heterocycles. The molecule has 2 heterocycles. The first kappa shape index (κ1) is 19.6. The van der Waals surface area contributed by atoms with Gasteiger partial charge >= 0.3 is 6.03 Å². The highest BCUT2D eigenvalue weighted by atomic mass is 16.5. The van der Waals surface area contributed by atoms with Gasteiger partial charge < -0.3 is 20.3 Å². The van der Waals surface area contributed by atoms with Crippen molar-refractivity contribution in [3.8, 4) is 0 Å². The lowest BCUT2D eigenvalue weighted by atomic mass is 10.1. The van der Waals surface area contributed by atoms with Crippen molar-refractivity contribution in [1.82, 2.24) is 15.1 Å². The van der Waals surface area contributed by atoms with E-state index in [4.69, 9.17) is 4.74 Å². The van der Waals surface area contributed by atoms with Crippen LogP contribution < -0.4 is 10.6 Å². The number of anilines is 1. The lowest BCUT2D eigenvalue weighted by molar-refractivity contribution is 0.0388. The molecule has 7 heteroatoms. The molecule has 2 fully saturated rings. The van der Waals surface area contributed by atoms with Crippen LogP contribution in [0.2, 0.25) is 0 Å². The van der Waals surface area contributed by atoms with Gasteiger partial charge in [0.2, 0.25) is 0 Å². The quantitative estimate of drug-likeness (QED) is 0.828. The molecule has 0 saturated carbocycles. The maximum atomic E-state index is 12.6. The van der Waals surface area contributed by atoms with E-state index in [0.717, 1.165) is 58.8 Å². The van der Waals surface area contributed by atoms with E-state index in [9.17, 15) is 9.59 Å². The molecule has 0 aromatic heterocycles. The SMILES string of the molecule is O=C(NCCN1CCOCC1)Nc1ccc(C(=O)N2CCCCCC2)cc1. The van der Waals surface area contributed by atoms with E-state index in [1.807, 2.05) is 4.90 Å². The highest BCUT2D eigenvalue weighted by Gasteiger charge is 2.17. The zero-order valence-electron chi connectivity index (χ0n) is 15.9. The van der Waals surface area contributed by atoms with Gasteiger partial charge in [-0.3, -0.25) is 9.69 Å². The van der Waals surface area contributed by atoms with Crippen molar-refractivity contribution in [3.63, 3.8) is 0 Å². The average molecular weight is 374 g/mol. The summed E-state index contributed by atoms with van der Waals surface area (Å²) in [4.78, 5) is 28.8. The number of hydrogen-bond donors (Lipinski definition) is 2. The Morgan fingerprint density at radius 1 is 0.926 bits per heavy atom. The van der Waals surface area contributed by atoms with Crippen molar-refractivity contribution in [3.05, 3.63) is 29.8 Å². The molecule has 1 aromatic rings. The third kappa shape index (κ3) is 6.22. The van der Waals surface area contributed by atoms with Crippen LogP contribution in [0, 0.1) is 0 Å². The first-order chi connectivity index (χ1) is 13.2. The molecule has 0 bridgehead atoms. The first-order valence-corrected chi connectivity index (χ1v) is 9.97. The predicted molar refractivity (Wildman–Crippen MR) is 105 cm³/mol. The van der Waals surface area contributed by atoms with Gasteiger partial charge in [0.1, 0.15) is 0 Å². The van der Waals surface area contributed by atoms with Crippen LogP contribution in [0.3, 0.4) is 0 Å². The highest BCUT2D eigenvalue weighted by molar-refractivity contribution is 5.95. The third-order valence-electron chi connectivity index (χ3n) is 5.10. The number of benzene rings is 1. The number of rotatable bonds is 5. The zero-order valence-corrected chi connectivity index (χ0v) is 15.9. The zero-order chi connectivity index (χ0) is 18.9. The Kier molecular flexibility index (Phi) is 7.47. The number of hydrogen-bond acceptors (Lipinski definition) is 4. The second-order valence-corrected chi connectivity index (χ2v) is 7.12. The Labute approximate surface area is 161 Å². The summed E-state index contributed by atoms with van der Waals surface area (Å²) >= 11 is 0. The van der Waals surface area contributed by atoms with E-state index in [0.29, 0.717) is 17.8 Å². The Bertz CT molecular complexity index is 606. The number of ether oxygens (including phenoxy) is 1. The number of urea groups is 1. The summed E-state index contributed by atoms with van der Waals surface area (Å²) in [5.41, 5.74) is 1.36. The third-order valence-corrected chi connectivity index (χ3v) is 5.10. The molecule has 3 rings (SSSR count). The minimum atomic E-state index is -0.227. The molecule has 7 nitrogen and oxygen atoms in total. The van der Waals surface area contributed by atoms with E-state index < -0.39 is 0 Å². The molecule has 27 heavy (non-hydrogen) atoms. The van der Waals surface area contributed by atoms with E-state index >= 15 is 0 Å². The van der Waals surface area contributed by atoms with Gasteiger partial charge in [-0.15, -0.1) is 0 Å². The van der Waals surface area contributed by atoms with Gasteiger partial charge in [-0.2, -0.15) is 0 Å². The minimum Gasteiger partial charge on any atom is -0.379 e. The van der Waals surface area contributed by atoms with E-state index in [2.05, 4.69) is 15.5 Å². The molecule has 148 valence electrons. The maximum absolute atomic E-state index is 12.6. The summed E-state index contributed by atoms with van der Waals surface area (Å²) in [5.74, 6) is 0.0819. The molecule has 1 aromatic carbocycles. The van der Waals surface area contributed by atoms with Gasteiger partial charge in [0.15, 0.2) is 0 Å². The molecule has 0 atom stereocenters. The van der Waals surface area contributed by atoms with Crippen LogP contribution in [0.1, 0.15) is 36.0 Å². The monoisotopic (exact) mass is 374 g/mol. The number of amides is 3. The Morgan fingerprint density at radius 2 is 1.59 bits per heavy atom. The predicted octanol–water partition coefficient (Wildman–Crippen LogP) is 2.16. The maximum Gasteiger partial charge on any atom is 0.319 e. The molecule has 3 amide bonds. The number of nitrogens with zero attached hydrogens (tertiary/aromatic N) is 2. The number of carbonyl (C=O) groups excluding carboxylic acids is 2. The number of nitrogens with one attached hydrogen (secondary N) is 2. The molecular weight excluding hydrogens is 344 g/mol. The Hall–Kier alpha value is -2.12. The van der Waals surface area contributed by atoms with Gasteiger partial charge in [0.25, 0.3) is 5.91 Å². The van der Waals surface area contributed by atoms with Crippen LogP contribution in [0.4, 0.5) is 10.5 Å². The van der Waals surface area contributed by atoms with Gasteiger partial charge in [-0.25, -0.2) is 4.79 Å². The van der Waals surface area contributed by atoms with Gasteiger partial charge in [0, 0.05) is 50.5 Å². The molecule has 0 radical (unpaired) electrons. The molecule has 0 aliphatic carbocycles. The molecule has 2 saturated heterocycles. The first-order valence-electron chi connectivity index (χ1n) is 9.97. The number of likely N-dealkylation sites (tertiary alicyclic amines) is 1. The van der Waals surface area contributed by atoms with Crippen molar-refractivity contribution >= 4 is 17.6 Å². The van der Waals surface area contributed by atoms with Crippen LogP contribution in [-0.2, 0) is 4.74 Å². The Balaban J connectivity index is 1.42.